The van der Waals surface area contributed by atoms with Crippen LogP contribution in [0.3, 0.4) is 0 Å². The molecule has 0 heterocycles. The second-order valence-electron chi connectivity index (χ2n) is 5.11. The van der Waals surface area contributed by atoms with Gasteiger partial charge in [0.05, 0.1) is 0 Å². The minimum Gasteiger partial charge on any atom is -0.282 e. The summed E-state index contributed by atoms with van der Waals surface area (Å²) in [6, 6.07) is 14.0. The molecule has 22 heavy (non-hydrogen) atoms. The molecule has 0 bridgehead atoms. The van der Waals surface area contributed by atoms with Crippen molar-refractivity contribution in [2.45, 2.75) is 4.90 Å². The standard InChI is InChI=1S/C16H8I2O3S/c17-14-10-6-4-8-2-1-3-9-5-7-11(13(10)12(8)9)15(18)16(14)22(19,20)21/h1-7H,(H,19,20,21). The second kappa shape index (κ2) is 4.89. The van der Waals surface area contributed by atoms with E-state index in [4.69, 9.17) is 0 Å². The molecule has 0 fully saturated rings. The van der Waals surface area contributed by atoms with E-state index in [9.17, 15) is 13.0 Å². The van der Waals surface area contributed by atoms with Crippen LogP contribution in [-0.4, -0.2) is 13.0 Å². The van der Waals surface area contributed by atoms with Crippen LogP contribution >= 0.6 is 45.2 Å². The first-order valence-electron chi connectivity index (χ1n) is 6.41. The summed E-state index contributed by atoms with van der Waals surface area (Å²) in [5.41, 5.74) is 0. The molecule has 0 unspecified atom stereocenters. The van der Waals surface area contributed by atoms with E-state index in [1.165, 1.54) is 0 Å². The summed E-state index contributed by atoms with van der Waals surface area (Å²) >= 11 is 4.01. The third-order valence-corrected chi connectivity index (χ3v) is 7.80. The van der Waals surface area contributed by atoms with Crippen LogP contribution in [0.25, 0.3) is 32.3 Å². The van der Waals surface area contributed by atoms with E-state index in [1.54, 1.807) is 0 Å². The molecule has 0 spiro atoms. The molecule has 110 valence electrons. The molecule has 4 aromatic rings. The van der Waals surface area contributed by atoms with Gasteiger partial charge in [0.1, 0.15) is 4.90 Å². The summed E-state index contributed by atoms with van der Waals surface area (Å²) in [6.45, 7) is 0. The Kier molecular flexibility index (Phi) is 3.30. The van der Waals surface area contributed by atoms with Crippen molar-refractivity contribution in [3.63, 3.8) is 0 Å². The van der Waals surface area contributed by atoms with Crippen molar-refractivity contribution in [3.8, 4) is 0 Å². The van der Waals surface area contributed by atoms with Gasteiger partial charge in [-0.3, -0.25) is 4.55 Å². The van der Waals surface area contributed by atoms with E-state index in [2.05, 4.69) is 12.1 Å². The highest BCUT2D eigenvalue weighted by atomic mass is 127. The summed E-state index contributed by atoms with van der Waals surface area (Å²) in [4.78, 5) is -0.000388. The third-order valence-electron chi connectivity index (χ3n) is 3.91. The van der Waals surface area contributed by atoms with Crippen molar-refractivity contribution in [2.24, 2.45) is 0 Å². The summed E-state index contributed by atoms with van der Waals surface area (Å²) in [5.74, 6) is 0. The number of hydrogen-bond acceptors (Lipinski definition) is 2. The minimum absolute atomic E-state index is 0.000388. The Morgan fingerprint density at radius 1 is 0.773 bits per heavy atom. The van der Waals surface area contributed by atoms with Gasteiger partial charge in [0.15, 0.2) is 0 Å². The van der Waals surface area contributed by atoms with Crippen molar-refractivity contribution in [1.82, 2.24) is 0 Å². The van der Waals surface area contributed by atoms with Crippen molar-refractivity contribution in [3.05, 3.63) is 49.6 Å². The van der Waals surface area contributed by atoms with Gasteiger partial charge in [0.25, 0.3) is 10.1 Å². The lowest BCUT2D eigenvalue weighted by Crippen LogP contribution is -2.05. The zero-order chi connectivity index (χ0) is 15.6. The zero-order valence-corrected chi connectivity index (χ0v) is 16.1. The Morgan fingerprint density at radius 3 is 1.73 bits per heavy atom. The van der Waals surface area contributed by atoms with Crippen LogP contribution in [0.1, 0.15) is 0 Å². The molecule has 0 amide bonds. The Labute approximate surface area is 154 Å². The maximum Gasteiger partial charge on any atom is 0.296 e. The van der Waals surface area contributed by atoms with E-state index < -0.39 is 10.1 Å². The molecule has 0 saturated heterocycles. The molecule has 0 aliphatic heterocycles. The summed E-state index contributed by atoms with van der Waals surface area (Å²) in [5, 5.41) is 6.15. The number of halogens is 2. The number of rotatable bonds is 1. The highest BCUT2D eigenvalue weighted by Crippen LogP contribution is 2.41. The molecule has 0 atom stereocenters. The predicted octanol–water partition coefficient (Wildman–Crippen LogP) is 5.04. The fourth-order valence-corrected chi connectivity index (χ4v) is 7.31. The van der Waals surface area contributed by atoms with Crippen LogP contribution in [-0.2, 0) is 10.1 Å². The first-order valence-corrected chi connectivity index (χ1v) is 10.0. The topological polar surface area (TPSA) is 54.4 Å². The maximum atomic E-state index is 11.8. The number of hydrogen-bond donors (Lipinski definition) is 1. The lowest BCUT2D eigenvalue weighted by atomic mass is 9.94. The highest BCUT2D eigenvalue weighted by molar-refractivity contribution is 14.1. The van der Waals surface area contributed by atoms with Gasteiger partial charge in [-0.05, 0) is 77.5 Å². The van der Waals surface area contributed by atoms with Crippen molar-refractivity contribution >= 4 is 87.6 Å². The first kappa shape index (κ1) is 14.9. The Bertz CT molecular complexity index is 1100. The van der Waals surface area contributed by atoms with E-state index >= 15 is 0 Å². The van der Waals surface area contributed by atoms with Gasteiger partial charge in [0, 0.05) is 7.14 Å². The van der Waals surface area contributed by atoms with Gasteiger partial charge >= 0.3 is 0 Å². The summed E-state index contributed by atoms with van der Waals surface area (Å²) < 4.78 is 34.3. The van der Waals surface area contributed by atoms with Gasteiger partial charge in [0.2, 0.25) is 0 Å². The molecule has 0 aliphatic carbocycles. The molecule has 0 saturated carbocycles. The summed E-state index contributed by atoms with van der Waals surface area (Å²) in [6.07, 6.45) is 0. The third kappa shape index (κ3) is 1.97. The molecular formula is C16H8I2O3S. The molecule has 0 radical (unpaired) electrons. The van der Waals surface area contributed by atoms with Crippen molar-refractivity contribution < 1.29 is 13.0 Å². The van der Waals surface area contributed by atoms with Crippen LogP contribution in [0, 0.1) is 7.14 Å². The predicted molar refractivity (Wildman–Crippen MR) is 105 cm³/mol. The minimum atomic E-state index is -4.27. The lowest BCUT2D eigenvalue weighted by Gasteiger charge is -2.15. The molecule has 0 aromatic heterocycles. The normalized spacial score (nSPS) is 12.7. The second-order valence-corrected chi connectivity index (χ2v) is 8.63. The first-order chi connectivity index (χ1) is 10.4. The highest BCUT2D eigenvalue weighted by Gasteiger charge is 2.24. The van der Waals surface area contributed by atoms with Gasteiger partial charge in [-0.1, -0.05) is 42.5 Å². The number of benzene rings is 4. The van der Waals surface area contributed by atoms with E-state index in [0.717, 1.165) is 32.3 Å². The van der Waals surface area contributed by atoms with Crippen molar-refractivity contribution in [1.29, 1.82) is 0 Å². The molecule has 3 nitrogen and oxygen atoms in total. The molecule has 1 N–H and O–H groups in total. The Hall–Kier alpha value is -0.710. The van der Waals surface area contributed by atoms with Gasteiger partial charge in [-0.25, -0.2) is 0 Å². The molecule has 0 aliphatic rings. The Balaban J connectivity index is 2.41. The smallest absolute Gasteiger partial charge is 0.282 e. The van der Waals surface area contributed by atoms with E-state index in [-0.39, 0.29) is 4.90 Å². The monoisotopic (exact) mass is 534 g/mol. The van der Waals surface area contributed by atoms with Crippen LogP contribution < -0.4 is 0 Å². The lowest BCUT2D eigenvalue weighted by molar-refractivity contribution is 0.482. The van der Waals surface area contributed by atoms with E-state index in [1.807, 2.05) is 75.5 Å². The zero-order valence-electron chi connectivity index (χ0n) is 11.0. The SMILES string of the molecule is O=S(=O)(O)c1c(I)c2ccc3cccc4ccc(c1I)c2c34. The van der Waals surface area contributed by atoms with Crippen LogP contribution in [0.4, 0.5) is 0 Å². The average molecular weight is 534 g/mol. The average Bonchev–Trinajstić information content (AvgIpc) is 2.46. The largest absolute Gasteiger partial charge is 0.296 e. The molecular weight excluding hydrogens is 526 g/mol. The quantitative estimate of drug-likeness (QED) is 0.212. The van der Waals surface area contributed by atoms with Crippen molar-refractivity contribution in [2.75, 3.05) is 0 Å². The van der Waals surface area contributed by atoms with Gasteiger partial charge in [-0.15, -0.1) is 0 Å². The van der Waals surface area contributed by atoms with Crippen LogP contribution in [0.5, 0.6) is 0 Å². The van der Waals surface area contributed by atoms with Crippen LogP contribution in [0.2, 0.25) is 0 Å². The van der Waals surface area contributed by atoms with Gasteiger partial charge < -0.3 is 0 Å². The Morgan fingerprint density at radius 2 is 1.27 bits per heavy atom. The molecule has 6 heteroatoms. The molecule has 4 aromatic carbocycles. The maximum absolute atomic E-state index is 11.8. The van der Waals surface area contributed by atoms with Gasteiger partial charge in [-0.2, -0.15) is 8.42 Å². The summed E-state index contributed by atoms with van der Waals surface area (Å²) in [7, 11) is -4.27. The van der Waals surface area contributed by atoms with E-state index in [0.29, 0.717) is 7.14 Å². The molecule has 4 rings (SSSR count). The van der Waals surface area contributed by atoms with Crippen LogP contribution in [0.15, 0.2) is 47.4 Å². The fraction of sp³-hybridized carbons (Fsp3) is 0. The fourth-order valence-electron chi connectivity index (χ4n) is 3.02.